The summed E-state index contributed by atoms with van der Waals surface area (Å²) in [7, 11) is 2.15. The molecule has 2 nitrogen and oxygen atoms in total. The predicted octanol–water partition coefficient (Wildman–Crippen LogP) is 3.56. The first-order valence-electron chi connectivity index (χ1n) is 8.78. The summed E-state index contributed by atoms with van der Waals surface area (Å²) >= 11 is 0. The molecule has 0 amide bonds. The summed E-state index contributed by atoms with van der Waals surface area (Å²) in [4.78, 5) is 2.99. The van der Waals surface area contributed by atoms with Crippen LogP contribution in [0.4, 0.5) is 0 Å². The topological polar surface area (TPSA) is 15.3 Å². The molecule has 1 N–H and O–H groups in total. The first-order valence-corrected chi connectivity index (χ1v) is 8.78. The smallest absolute Gasteiger partial charge is 0.0127 e. The Kier molecular flexibility index (Phi) is 4.48. The van der Waals surface area contributed by atoms with E-state index in [0.717, 1.165) is 30.1 Å². The van der Waals surface area contributed by atoms with Gasteiger partial charge in [-0.05, 0) is 57.9 Å². The maximum absolute atomic E-state index is 3.54. The first-order chi connectivity index (χ1) is 9.33. The molecule has 2 bridgehead atoms. The largest absolute Gasteiger partial charge is 0.317 e. The second-order valence-electron chi connectivity index (χ2n) is 7.16. The Bertz CT molecular complexity index is 271. The minimum absolute atomic E-state index is 0.789. The van der Waals surface area contributed by atoms with E-state index in [9.17, 15) is 0 Å². The molecule has 0 radical (unpaired) electrons. The molecule has 3 aliphatic rings. The van der Waals surface area contributed by atoms with E-state index in [1.807, 2.05) is 0 Å². The quantitative estimate of drug-likeness (QED) is 0.835. The van der Waals surface area contributed by atoms with E-state index in [-0.39, 0.29) is 0 Å². The highest BCUT2D eigenvalue weighted by Crippen LogP contribution is 2.42. The molecule has 0 aromatic carbocycles. The number of piperidine rings is 1. The zero-order valence-electron chi connectivity index (χ0n) is 12.9. The van der Waals surface area contributed by atoms with Gasteiger partial charge in [-0.25, -0.2) is 0 Å². The van der Waals surface area contributed by atoms with Gasteiger partial charge < -0.3 is 5.32 Å². The van der Waals surface area contributed by atoms with Crippen LogP contribution in [-0.4, -0.2) is 36.1 Å². The summed E-state index contributed by atoms with van der Waals surface area (Å²) in [6.45, 7) is 2.43. The molecule has 0 spiro atoms. The molecule has 2 heterocycles. The molecule has 19 heavy (non-hydrogen) atoms. The van der Waals surface area contributed by atoms with Crippen molar-refractivity contribution in [1.82, 2.24) is 10.2 Å². The van der Waals surface area contributed by atoms with Crippen LogP contribution in [0.15, 0.2) is 0 Å². The van der Waals surface area contributed by atoms with Gasteiger partial charge in [0, 0.05) is 24.2 Å². The molecule has 3 atom stereocenters. The van der Waals surface area contributed by atoms with Gasteiger partial charge in [0.2, 0.25) is 0 Å². The van der Waals surface area contributed by atoms with Crippen molar-refractivity contribution in [3.63, 3.8) is 0 Å². The number of rotatable bonds is 4. The third-order valence-corrected chi connectivity index (χ3v) is 6.19. The molecule has 2 saturated heterocycles. The van der Waals surface area contributed by atoms with Crippen molar-refractivity contribution in [2.45, 2.75) is 95.3 Å². The maximum atomic E-state index is 3.54. The Labute approximate surface area is 119 Å². The summed E-state index contributed by atoms with van der Waals surface area (Å²) in [5, 5.41) is 3.54. The van der Waals surface area contributed by atoms with Crippen LogP contribution in [0.1, 0.15) is 71.1 Å². The van der Waals surface area contributed by atoms with E-state index in [0.29, 0.717) is 0 Å². The molecule has 2 heteroatoms. The van der Waals surface area contributed by atoms with Crippen LogP contribution in [0.2, 0.25) is 0 Å². The summed E-state index contributed by atoms with van der Waals surface area (Å²) in [6, 6.07) is 3.47. The van der Waals surface area contributed by atoms with E-state index in [4.69, 9.17) is 0 Å². The van der Waals surface area contributed by atoms with E-state index in [1.165, 1.54) is 64.2 Å². The molecular weight excluding hydrogens is 232 g/mol. The van der Waals surface area contributed by atoms with Gasteiger partial charge in [-0.2, -0.15) is 0 Å². The molecule has 3 rings (SSSR count). The van der Waals surface area contributed by atoms with Gasteiger partial charge in [0.15, 0.2) is 0 Å². The summed E-state index contributed by atoms with van der Waals surface area (Å²) in [6.07, 6.45) is 14.6. The lowest BCUT2D eigenvalue weighted by molar-refractivity contribution is 0.0293. The van der Waals surface area contributed by atoms with Gasteiger partial charge in [-0.1, -0.05) is 26.2 Å². The summed E-state index contributed by atoms with van der Waals surface area (Å²) in [5.74, 6) is 1.01. The third kappa shape index (κ3) is 2.71. The minimum Gasteiger partial charge on any atom is -0.317 e. The van der Waals surface area contributed by atoms with Gasteiger partial charge in [0.05, 0.1) is 0 Å². The van der Waals surface area contributed by atoms with Crippen LogP contribution in [0, 0.1) is 5.92 Å². The van der Waals surface area contributed by atoms with Crippen LogP contribution in [0.5, 0.6) is 0 Å². The van der Waals surface area contributed by atoms with E-state index in [2.05, 4.69) is 24.2 Å². The molecule has 1 saturated carbocycles. The second-order valence-corrected chi connectivity index (χ2v) is 7.16. The molecule has 3 fully saturated rings. The lowest BCUT2D eigenvalue weighted by Crippen LogP contribution is -2.54. The highest BCUT2D eigenvalue weighted by atomic mass is 15.3. The summed E-state index contributed by atoms with van der Waals surface area (Å²) in [5.41, 5.74) is 0. The highest BCUT2D eigenvalue weighted by Gasteiger charge is 2.44. The van der Waals surface area contributed by atoms with Crippen molar-refractivity contribution >= 4 is 0 Å². The van der Waals surface area contributed by atoms with Gasteiger partial charge in [0.25, 0.3) is 0 Å². The molecule has 0 aromatic rings. The Morgan fingerprint density at radius 1 is 1.00 bits per heavy atom. The van der Waals surface area contributed by atoms with Gasteiger partial charge in [-0.3, -0.25) is 4.90 Å². The van der Waals surface area contributed by atoms with E-state index >= 15 is 0 Å². The van der Waals surface area contributed by atoms with Crippen molar-refractivity contribution < 1.29 is 0 Å². The first kappa shape index (κ1) is 13.9. The SMILES string of the molecule is CCC(C1CCCCC1)N1C2CCC1CC(NC)C2. The minimum atomic E-state index is 0.789. The molecular formula is C17H32N2. The van der Waals surface area contributed by atoms with Crippen molar-refractivity contribution in [3.8, 4) is 0 Å². The average Bonchev–Trinajstić information content (AvgIpc) is 2.72. The fourth-order valence-electron chi connectivity index (χ4n) is 5.30. The van der Waals surface area contributed by atoms with Crippen LogP contribution >= 0.6 is 0 Å². The fourth-order valence-corrected chi connectivity index (χ4v) is 5.30. The predicted molar refractivity (Wildman–Crippen MR) is 81.4 cm³/mol. The zero-order chi connectivity index (χ0) is 13.2. The Morgan fingerprint density at radius 2 is 1.63 bits per heavy atom. The second kappa shape index (κ2) is 6.13. The van der Waals surface area contributed by atoms with E-state index in [1.54, 1.807) is 0 Å². The fraction of sp³-hybridized carbons (Fsp3) is 1.00. The van der Waals surface area contributed by atoms with Crippen molar-refractivity contribution in [1.29, 1.82) is 0 Å². The highest BCUT2D eigenvalue weighted by molar-refractivity contribution is 5.01. The molecule has 110 valence electrons. The number of fused-ring (bicyclic) bond motifs is 2. The number of hydrogen-bond acceptors (Lipinski definition) is 2. The lowest BCUT2D eigenvalue weighted by atomic mass is 9.80. The average molecular weight is 264 g/mol. The number of nitrogens with zero attached hydrogens (tertiary/aromatic N) is 1. The van der Waals surface area contributed by atoms with Crippen LogP contribution < -0.4 is 5.32 Å². The Hall–Kier alpha value is -0.0800. The van der Waals surface area contributed by atoms with E-state index < -0.39 is 0 Å². The molecule has 0 aromatic heterocycles. The number of hydrogen-bond donors (Lipinski definition) is 1. The monoisotopic (exact) mass is 264 g/mol. The Balaban J connectivity index is 1.69. The van der Waals surface area contributed by atoms with Gasteiger partial charge in [-0.15, -0.1) is 0 Å². The van der Waals surface area contributed by atoms with Crippen LogP contribution in [-0.2, 0) is 0 Å². The molecule has 2 aliphatic heterocycles. The van der Waals surface area contributed by atoms with Gasteiger partial charge in [0.1, 0.15) is 0 Å². The lowest BCUT2D eigenvalue weighted by Gasteiger charge is -2.47. The van der Waals surface area contributed by atoms with Crippen molar-refractivity contribution in [3.05, 3.63) is 0 Å². The standard InChI is InChI=1S/C17H32N2/c1-3-17(13-7-5-4-6-8-13)19-15-9-10-16(19)12-14(11-15)18-2/h13-18H,3-12H2,1-2H3. The van der Waals surface area contributed by atoms with Crippen LogP contribution in [0.25, 0.3) is 0 Å². The maximum Gasteiger partial charge on any atom is 0.0127 e. The number of nitrogens with one attached hydrogen (secondary N) is 1. The molecule has 3 unspecified atom stereocenters. The Morgan fingerprint density at radius 3 is 2.16 bits per heavy atom. The van der Waals surface area contributed by atoms with Crippen LogP contribution in [0.3, 0.4) is 0 Å². The van der Waals surface area contributed by atoms with Crippen molar-refractivity contribution in [2.24, 2.45) is 5.92 Å². The molecule has 1 aliphatic carbocycles. The summed E-state index contributed by atoms with van der Waals surface area (Å²) < 4.78 is 0. The zero-order valence-corrected chi connectivity index (χ0v) is 12.9. The van der Waals surface area contributed by atoms with Crippen molar-refractivity contribution in [2.75, 3.05) is 7.05 Å². The normalized spacial score (nSPS) is 38.5. The van der Waals surface area contributed by atoms with Gasteiger partial charge >= 0.3 is 0 Å². The third-order valence-electron chi connectivity index (χ3n) is 6.19.